The number of carbonyl (C=O) groups excluding carboxylic acids is 2. The molecule has 1 aromatic rings. The van der Waals surface area contributed by atoms with Crippen LogP contribution in [0.1, 0.15) is 38.5 Å². The van der Waals surface area contributed by atoms with Crippen molar-refractivity contribution < 1.29 is 14.3 Å². The van der Waals surface area contributed by atoms with E-state index in [-0.39, 0.29) is 24.6 Å². The van der Waals surface area contributed by atoms with E-state index in [1.54, 1.807) is 38.4 Å². The molecule has 1 aromatic carbocycles. The van der Waals surface area contributed by atoms with Gasteiger partial charge in [0.05, 0.1) is 0 Å². The highest BCUT2D eigenvalue weighted by molar-refractivity contribution is 5.89. The normalized spacial score (nSPS) is 15.2. The number of likely N-dealkylation sites (N-methyl/N-ethyl adjacent to an activating group) is 1. The van der Waals surface area contributed by atoms with Crippen LogP contribution in [-0.4, -0.2) is 43.6 Å². The van der Waals surface area contributed by atoms with E-state index in [9.17, 15) is 9.59 Å². The molecule has 1 aliphatic carbocycles. The van der Waals surface area contributed by atoms with Crippen molar-refractivity contribution >= 4 is 17.6 Å². The lowest BCUT2D eigenvalue weighted by Gasteiger charge is -2.17. The predicted octanol–water partition coefficient (Wildman–Crippen LogP) is 3.00. The first-order chi connectivity index (χ1) is 11.5. The molecule has 0 aromatic heterocycles. The molecule has 132 valence electrons. The number of amides is 3. The summed E-state index contributed by atoms with van der Waals surface area (Å²) in [5.74, 6) is 0.442. The summed E-state index contributed by atoms with van der Waals surface area (Å²) >= 11 is 0. The van der Waals surface area contributed by atoms with Crippen molar-refractivity contribution in [1.82, 2.24) is 10.2 Å². The molecule has 0 radical (unpaired) electrons. The maximum Gasteiger partial charge on any atom is 0.319 e. The first kappa shape index (κ1) is 18.1. The van der Waals surface area contributed by atoms with Crippen LogP contribution in [0, 0.1) is 0 Å². The minimum atomic E-state index is -0.191. The maximum atomic E-state index is 12.1. The van der Waals surface area contributed by atoms with E-state index in [2.05, 4.69) is 10.6 Å². The fourth-order valence-corrected chi connectivity index (χ4v) is 2.71. The lowest BCUT2D eigenvalue weighted by Crippen LogP contribution is -2.37. The van der Waals surface area contributed by atoms with Gasteiger partial charge in [-0.2, -0.15) is 0 Å². The van der Waals surface area contributed by atoms with Crippen molar-refractivity contribution in [3.8, 4) is 5.75 Å². The van der Waals surface area contributed by atoms with E-state index in [0.717, 1.165) is 12.8 Å². The summed E-state index contributed by atoms with van der Waals surface area (Å²) in [6.07, 6.45) is 6.95. The van der Waals surface area contributed by atoms with Gasteiger partial charge in [0.1, 0.15) is 5.75 Å². The molecular formula is C18H27N3O3. The van der Waals surface area contributed by atoms with Gasteiger partial charge in [-0.3, -0.25) is 4.79 Å². The SMILES string of the molecule is CN(C)C(=O)COc1cccc(NC(=O)NC2CCCCCC2)c1. The van der Waals surface area contributed by atoms with Crippen molar-refractivity contribution in [3.05, 3.63) is 24.3 Å². The predicted molar refractivity (Wildman–Crippen MR) is 94.3 cm³/mol. The number of nitrogens with zero attached hydrogens (tertiary/aromatic N) is 1. The van der Waals surface area contributed by atoms with Gasteiger partial charge in [-0.25, -0.2) is 4.79 Å². The van der Waals surface area contributed by atoms with Gasteiger partial charge in [-0.1, -0.05) is 31.7 Å². The van der Waals surface area contributed by atoms with E-state index in [1.165, 1.54) is 30.6 Å². The zero-order valence-electron chi connectivity index (χ0n) is 14.5. The number of anilines is 1. The second-order valence-electron chi connectivity index (χ2n) is 6.39. The fourth-order valence-electron chi connectivity index (χ4n) is 2.71. The van der Waals surface area contributed by atoms with Gasteiger partial charge in [-0.15, -0.1) is 0 Å². The quantitative estimate of drug-likeness (QED) is 0.814. The minimum absolute atomic E-state index is 0.0231. The van der Waals surface area contributed by atoms with Crippen LogP contribution in [0.5, 0.6) is 5.75 Å². The summed E-state index contributed by atoms with van der Waals surface area (Å²) in [5, 5.41) is 5.88. The van der Waals surface area contributed by atoms with Crippen molar-refractivity contribution in [2.24, 2.45) is 0 Å². The number of carbonyl (C=O) groups is 2. The topological polar surface area (TPSA) is 70.7 Å². The Morgan fingerprint density at radius 2 is 1.88 bits per heavy atom. The van der Waals surface area contributed by atoms with Gasteiger partial charge in [0.2, 0.25) is 0 Å². The standard InChI is InChI=1S/C18H27N3O3/c1-21(2)17(22)13-24-16-11-7-10-15(12-16)20-18(23)19-14-8-5-3-4-6-9-14/h7,10-12,14H,3-6,8-9,13H2,1-2H3,(H2,19,20,23). The Hall–Kier alpha value is -2.24. The first-order valence-electron chi connectivity index (χ1n) is 8.55. The monoisotopic (exact) mass is 333 g/mol. The molecule has 0 atom stereocenters. The van der Waals surface area contributed by atoms with Crippen LogP contribution in [0.4, 0.5) is 10.5 Å². The highest BCUT2D eigenvalue weighted by Crippen LogP contribution is 2.19. The summed E-state index contributed by atoms with van der Waals surface area (Å²) in [4.78, 5) is 25.2. The highest BCUT2D eigenvalue weighted by atomic mass is 16.5. The molecule has 0 aliphatic heterocycles. The molecule has 0 unspecified atom stereocenters. The average Bonchev–Trinajstić information content (AvgIpc) is 2.81. The first-order valence-corrected chi connectivity index (χ1v) is 8.55. The minimum Gasteiger partial charge on any atom is -0.484 e. The number of hydrogen-bond acceptors (Lipinski definition) is 3. The van der Waals surface area contributed by atoms with Crippen molar-refractivity contribution in [2.45, 2.75) is 44.6 Å². The molecule has 6 nitrogen and oxygen atoms in total. The number of benzene rings is 1. The molecule has 2 N–H and O–H groups in total. The molecule has 0 bridgehead atoms. The van der Waals surface area contributed by atoms with Crippen molar-refractivity contribution in [2.75, 3.05) is 26.0 Å². The number of ether oxygens (including phenoxy) is 1. The van der Waals surface area contributed by atoms with Gasteiger partial charge in [0.25, 0.3) is 5.91 Å². The Morgan fingerprint density at radius 1 is 1.17 bits per heavy atom. The van der Waals surface area contributed by atoms with Gasteiger partial charge in [-0.05, 0) is 25.0 Å². The van der Waals surface area contributed by atoms with Gasteiger partial charge >= 0.3 is 6.03 Å². The summed E-state index contributed by atoms with van der Waals surface area (Å²) < 4.78 is 5.45. The molecule has 0 saturated heterocycles. The van der Waals surface area contributed by atoms with E-state index >= 15 is 0 Å². The number of urea groups is 1. The van der Waals surface area contributed by atoms with Crippen LogP contribution in [0.3, 0.4) is 0 Å². The number of hydrogen-bond donors (Lipinski definition) is 2. The maximum absolute atomic E-state index is 12.1. The summed E-state index contributed by atoms with van der Waals surface area (Å²) in [5.41, 5.74) is 0.649. The molecule has 0 spiro atoms. The van der Waals surface area contributed by atoms with Crippen LogP contribution in [0.25, 0.3) is 0 Å². The fraction of sp³-hybridized carbons (Fsp3) is 0.556. The molecular weight excluding hydrogens is 306 g/mol. The Labute approximate surface area is 143 Å². The largest absolute Gasteiger partial charge is 0.484 e. The number of nitrogens with one attached hydrogen (secondary N) is 2. The van der Waals surface area contributed by atoms with Crippen molar-refractivity contribution in [1.29, 1.82) is 0 Å². The lowest BCUT2D eigenvalue weighted by molar-refractivity contribution is -0.130. The van der Waals surface area contributed by atoms with E-state index in [4.69, 9.17) is 4.74 Å². The molecule has 0 heterocycles. The molecule has 3 amide bonds. The molecule has 24 heavy (non-hydrogen) atoms. The third kappa shape index (κ3) is 6.10. The average molecular weight is 333 g/mol. The number of rotatable bonds is 5. The van der Waals surface area contributed by atoms with Crippen LogP contribution in [-0.2, 0) is 4.79 Å². The summed E-state index contributed by atoms with van der Waals surface area (Å²) in [7, 11) is 3.36. The van der Waals surface area contributed by atoms with Gasteiger partial charge in [0, 0.05) is 31.9 Å². The summed E-state index contributed by atoms with van der Waals surface area (Å²) in [6.45, 7) is -0.0231. The third-order valence-corrected chi connectivity index (χ3v) is 4.14. The van der Waals surface area contributed by atoms with E-state index in [0.29, 0.717) is 11.4 Å². The Kier molecular flexibility index (Phi) is 6.90. The lowest BCUT2D eigenvalue weighted by atomic mass is 10.1. The van der Waals surface area contributed by atoms with Crippen molar-refractivity contribution in [3.63, 3.8) is 0 Å². The molecule has 2 rings (SSSR count). The molecule has 1 saturated carbocycles. The van der Waals surface area contributed by atoms with Crippen LogP contribution < -0.4 is 15.4 Å². The van der Waals surface area contributed by atoms with Crippen LogP contribution in [0.2, 0.25) is 0 Å². The van der Waals surface area contributed by atoms with Crippen LogP contribution in [0.15, 0.2) is 24.3 Å². The second kappa shape index (κ2) is 9.15. The zero-order chi connectivity index (χ0) is 17.4. The smallest absolute Gasteiger partial charge is 0.319 e. The Bertz CT molecular complexity index is 552. The van der Waals surface area contributed by atoms with E-state index in [1.807, 2.05) is 0 Å². The zero-order valence-corrected chi connectivity index (χ0v) is 14.5. The third-order valence-electron chi connectivity index (χ3n) is 4.14. The van der Waals surface area contributed by atoms with Gasteiger partial charge in [0.15, 0.2) is 6.61 Å². The van der Waals surface area contributed by atoms with E-state index < -0.39 is 0 Å². The van der Waals surface area contributed by atoms with Gasteiger partial charge < -0.3 is 20.3 Å². The van der Waals surface area contributed by atoms with Crippen LogP contribution >= 0.6 is 0 Å². The Balaban J connectivity index is 1.84. The summed E-state index contributed by atoms with van der Waals surface area (Å²) in [6, 6.07) is 7.13. The highest BCUT2D eigenvalue weighted by Gasteiger charge is 2.14. The Morgan fingerprint density at radius 3 is 2.54 bits per heavy atom. The molecule has 1 aliphatic rings. The molecule has 1 fully saturated rings. The molecule has 6 heteroatoms. The second-order valence-corrected chi connectivity index (χ2v) is 6.39.